The fraction of sp³-hybridized carbons (Fsp3) is 0.733. The highest BCUT2D eigenvalue weighted by molar-refractivity contribution is 5.49. The summed E-state index contributed by atoms with van der Waals surface area (Å²) in [4.78, 5) is 11.5. The van der Waals surface area contributed by atoms with Crippen molar-refractivity contribution in [2.75, 3.05) is 24.5 Å². The molecule has 4 heteroatoms. The van der Waals surface area contributed by atoms with Crippen LogP contribution in [0.1, 0.15) is 44.4 Å². The summed E-state index contributed by atoms with van der Waals surface area (Å²) in [5, 5.41) is 3.44. The van der Waals surface area contributed by atoms with Gasteiger partial charge in [0.1, 0.15) is 12.1 Å². The molecule has 1 N–H and O–H groups in total. The molecule has 0 amide bonds. The molecule has 0 atom stereocenters. The van der Waals surface area contributed by atoms with Gasteiger partial charge in [-0.1, -0.05) is 20.3 Å². The fourth-order valence-corrected chi connectivity index (χ4v) is 3.14. The van der Waals surface area contributed by atoms with Crippen LogP contribution in [0.2, 0.25) is 0 Å². The Morgan fingerprint density at radius 3 is 2.84 bits per heavy atom. The lowest BCUT2D eigenvalue weighted by molar-refractivity contribution is 0.237. The summed E-state index contributed by atoms with van der Waals surface area (Å²) >= 11 is 0. The van der Waals surface area contributed by atoms with E-state index in [1.165, 1.54) is 36.3 Å². The fourth-order valence-electron chi connectivity index (χ4n) is 3.14. The van der Waals surface area contributed by atoms with Gasteiger partial charge in [-0.05, 0) is 18.3 Å². The summed E-state index contributed by atoms with van der Waals surface area (Å²) in [6, 6.07) is 0. The Kier molecular flexibility index (Phi) is 3.44. The Morgan fingerprint density at radius 1 is 1.32 bits per heavy atom. The summed E-state index contributed by atoms with van der Waals surface area (Å²) in [5.74, 6) is 1.18. The number of aromatic nitrogens is 2. The van der Waals surface area contributed by atoms with Crippen LogP contribution in [-0.4, -0.2) is 29.6 Å². The van der Waals surface area contributed by atoms with Gasteiger partial charge in [0.05, 0.1) is 5.69 Å². The largest absolute Gasteiger partial charge is 0.356 e. The third-order valence-corrected chi connectivity index (χ3v) is 4.98. The van der Waals surface area contributed by atoms with E-state index in [-0.39, 0.29) is 0 Å². The molecule has 0 aliphatic carbocycles. The molecule has 4 nitrogen and oxygen atoms in total. The van der Waals surface area contributed by atoms with Crippen LogP contribution in [-0.2, 0) is 13.0 Å². The highest BCUT2D eigenvalue weighted by Gasteiger charge is 2.30. The number of rotatable bonds is 2. The molecule has 104 valence electrons. The molecule has 2 aliphatic heterocycles. The second kappa shape index (κ2) is 5.08. The summed E-state index contributed by atoms with van der Waals surface area (Å²) in [6.07, 6.45) is 6.61. The van der Waals surface area contributed by atoms with E-state index in [9.17, 15) is 0 Å². The lowest BCUT2D eigenvalue weighted by Crippen LogP contribution is -2.40. The number of piperidine rings is 1. The quantitative estimate of drug-likeness (QED) is 0.884. The van der Waals surface area contributed by atoms with Gasteiger partial charge in [0.25, 0.3) is 0 Å². The molecule has 0 bridgehead atoms. The minimum atomic E-state index is 0.530. The Hall–Kier alpha value is -1.16. The smallest absolute Gasteiger partial charge is 0.136 e. The normalized spacial score (nSPS) is 22.1. The lowest BCUT2D eigenvalue weighted by atomic mass is 9.78. The van der Waals surface area contributed by atoms with Crippen LogP contribution >= 0.6 is 0 Å². The standard InChI is InChI=1S/C15H24N4/c1-3-15(2)5-8-19(9-6-15)14-12-10-16-7-4-13(12)17-11-18-14/h11,16H,3-10H2,1-2H3. The third kappa shape index (κ3) is 2.46. The molecule has 19 heavy (non-hydrogen) atoms. The molecule has 3 rings (SSSR count). The Morgan fingerprint density at radius 2 is 2.11 bits per heavy atom. The van der Waals surface area contributed by atoms with Crippen molar-refractivity contribution in [3.63, 3.8) is 0 Å². The molecule has 1 aromatic heterocycles. The van der Waals surface area contributed by atoms with Crippen molar-refractivity contribution >= 4 is 5.82 Å². The minimum absolute atomic E-state index is 0.530. The van der Waals surface area contributed by atoms with Crippen molar-refractivity contribution in [2.45, 2.75) is 46.1 Å². The van der Waals surface area contributed by atoms with Crippen molar-refractivity contribution in [1.29, 1.82) is 0 Å². The summed E-state index contributed by atoms with van der Waals surface area (Å²) < 4.78 is 0. The van der Waals surface area contributed by atoms with Crippen molar-refractivity contribution < 1.29 is 0 Å². The van der Waals surface area contributed by atoms with Crippen molar-refractivity contribution in [3.8, 4) is 0 Å². The van der Waals surface area contributed by atoms with Crippen LogP contribution in [0.15, 0.2) is 6.33 Å². The van der Waals surface area contributed by atoms with Crippen LogP contribution < -0.4 is 10.2 Å². The van der Waals surface area contributed by atoms with Gasteiger partial charge in [-0.2, -0.15) is 0 Å². The molecular weight excluding hydrogens is 236 g/mol. The number of anilines is 1. The number of fused-ring (bicyclic) bond motifs is 1. The maximum Gasteiger partial charge on any atom is 0.136 e. The zero-order chi connectivity index (χ0) is 13.3. The molecule has 0 saturated carbocycles. The lowest BCUT2D eigenvalue weighted by Gasteiger charge is -2.40. The second-order valence-corrected chi connectivity index (χ2v) is 6.20. The van der Waals surface area contributed by atoms with Crippen LogP contribution in [0.25, 0.3) is 0 Å². The van der Waals surface area contributed by atoms with Gasteiger partial charge in [0, 0.05) is 38.2 Å². The molecule has 1 fully saturated rings. The first-order valence-electron chi connectivity index (χ1n) is 7.50. The van der Waals surface area contributed by atoms with Crippen LogP contribution in [0.3, 0.4) is 0 Å². The number of nitrogens with one attached hydrogen (secondary N) is 1. The summed E-state index contributed by atoms with van der Waals surface area (Å²) in [5.41, 5.74) is 3.10. The monoisotopic (exact) mass is 260 g/mol. The molecule has 2 aliphatic rings. The van der Waals surface area contributed by atoms with Crippen LogP contribution in [0, 0.1) is 5.41 Å². The van der Waals surface area contributed by atoms with E-state index in [0.717, 1.165) is 32.6 Å². The highest BCUT2D eigenvalue weighted by atomic mass is 15.2. The topological polar surface area (TPSA) is 41.1 Å². The Balaban J connectivity index is 1.80. The van der Waals surface area contributed by atoms with E-state index in [1.54, 1.807) is 6.33 Å². The Bertz CT molecular complexity index is 449. The van der Waals surface area contributed by atoms with Crippen molar-refractivity contribution in [3.05, 3.63) is 17.6 Å². The van der Waals surface area contributed by atoms with Crippen LogP contribution in [0.4, 0.5) is 5.82 Å². The average Bonchev–Trinajstić information content (AvgIpc) is 2.48. The summed E-state index contributed by atoms with van der Waals surface area (Å²) in [6.45, 7) is 8.96. The first kappa shape index (κ1) is 12.9. The first-order valence-corrected chi connectivity index (χ1v) is 7.50. The average molecular weight is 260 g/mol. The van der Waals surface area contributed by atoms with E-state index >= 15 is 0 Å². The van der Waals surface area contributed by atoms with Gasteiger partial charge in [0.15, 0.2) is 0 Å². The zero-order valence-corrected chi connectivity index (χ0v) is 12.1. The van der Waals surface area contributed by atoms with Crippen LogP contribution in [0.5, 0.6) is 0 Å². The Labute approximate surface area is 115 Å². The zero-order valence-electron chi connectivity index (χ0n) is 12.1. The molecule has 3 heterocycles. The molecule has 0 radical (unpaired) electrons. The molecule has 1 saturated heterocycles. The first-order chi connectivity index (χ1) is 9.22. The maximum absolute atomic E-state index is 4.56. The van der Waals surface area contributed by atoms with E-state index < -0.39 is 0 Å². The second-order valence-electron chi connectivity index (χ2n) is 6.20. The van der Waals surface area contributed by atoms with Crippen molar-refractivity contribution in [2.24, 2.45) is 5.41 Å². The molecule has 0 spiro atoms. The predicted molar refractivity (Wildman–Crippen MR) is 77.3 cm³/mol. The highest BCUT2D eigenvalue weighted by Crippen LogP contribution is 2.36. The van der Waals surface area contributed by atoms with Gasteiger partial charge >= 0.3 is 0 Å². The van der Waals surface area contributed by atoms with Gasteiger partial charge in [0.2, 0.25) is 0 Å². The summed E-state index contributed by atoms with van der Waals surface area (Å²) in [7, 11) is 0. The molecule has 0 aromatic carbocycles. The maximum atomic E-state index is 4.56. The molecule has 1 aromatic rings. The van der Waals surface area contributed by atoms with Gasteiger partial charge in [-0.25, -0.2) is 9.97 Å². The van der Waals surface area contributed by atoms with Gasteiger partial charge in [-0.3, -0.25) is 0 Å². The van der Waals surface area contributed by atoms with E-state index in [4.69, 9.17) is 0 Å². The number of hydrogen-bond donors (Lipinski definition) is 1. The van der Waals surface area contributed by atoms with E-state index in [1.807, 2.05) is 0 Å². The number of nitrogens with zero attached hydrogens (tertiary/aromatic N) is 3. The SMILES string of the molecule is CCC1(C)CCN(c2ncnc3c2CNCC3)CC1. The van der Waals surface area contributed by atoms with Crippen molar-refractivity contribution in [1.82, 2.24) is 15.3 Å². The molecular formula is C15H24N4. The minimum Gasteiger partial charge on any atom is -0.356 e. The van der Waals surface area contributed by atoms with E-state index in [2.05, 4.69) is 34.0 Å². The van der Waals surface area contributed by atoms with Gasteiger partial charge < -0.3 is 10.2 Å². The predicted octanol–water partition coefficient (Wildman–Crippen LogP) is 2.14. The number of hydrogen-bond acceptors (Lipinski definition) is 4. The third-order valence-electron chi connectivity index (χ3n) is 4.98. The van der Waals surface area contributed by atoms with Gasteiger partial charge in [-0.15, -0.1) is 0 Å². The van der Waals surface area contributed by atoms with E-state index in [0.29, 0.717) is 5.41 Å². The molecule has 0 unspecified atom stereocenters.